The molecule has 0 bridgehead atoms. The maximum atomic E-state index is 12.2. The first-order valence-corrected chi connectivity index (χ1v) is 5.60. The highest BCUT2D eigenvalue weighted by atomic mass is 35.5. The number of alkyl halides is 3. The minimum Gasteiger partial charge on any atom is -0.508 e. The molecule has 0 aromatic heterocycles. The largest absolute Gasteiger partial charge is 0.508 e. The Labute approximate surface area is 113 Å². The van der Waals surface area contributed by atoms with Gasteiger partial charge in [0.25, 0.3) is 0 Å². The van der Waals surface area contributed by atoms with E-state index in [0.717, 1.165) is 0 Å². The second-order valence-corrected chi connectivity index (χ2v) is 4.54. The van der Waals surface area contributed by atoms with Crippen LogP contribution in [0.3, 0.4) is 0 Å². The fourth-order valence-corrected chi connectivity index (χ4v) is 1.92. The van der Waals surface area contributed by atoms with Crippen molar-refractivity contribution in [2.24, 2.45) is 5.73 Å². The second kappa shape index (κ2) is 6.92. The standard InChI is InChI=1S/C11H12F3NOS.ClH/c1-2-3-9(15)8-6-7(4-5-10(8)16)17-11(12,13)14;/h2,4-6,9,16H,1,3,15H2;1H/t9-;/m1./s1. The fourth-order valence-electron chi connectivity index (χ4n) is 1.33. The third kappa shape index (κ3) is 5.20. The van der Waals surface area contributed by atoms with Gasteiger partial charge in [-0.3, -0.25) is 0 Å². The summed E-state index contributed by atoms with van der Waals surface area (Å²) in [6, 6.07) is 3.12. The van der Waals surface area contributed by atoms with Crippen LogP contribution >= 0.6 is 24.2 Å². The maximum absolute atomic E-state index is 12.2. The van der Waals surface area contributed by atoms with E-state index in [4.69, 9.17) is 5.73 Å². The van der Waals surface area contributed by atoms with Crippen molar-refractivity contribution in [2.75, 3.05) is 0 Å². The van der Waals surface area contributed by atoms with Gasteiger partial charge in [-0.1, -0.05) is 6.08 Å². The average Bonchev–Trinajstić information content (AvgIpc) is 2.19. The van der Waals surface area contributed by atoms with E-state index >= 15 is 0 Å². The Hall–Kier alpha value is -0.850. The molecule has 0 aliphatic heterocycles. The van der Waals surface area contributed by atoms with E-state index in [9.17, 15) is 18.3 Å². The molecule has 1 aromatic carbocycles. The Morgan fingerprint density at radius 2 is 2.06 bits per heavy atom. The average molecular weight is 300 g/mol. The normalized spacial score (nSPS) is 12.7. The van der Waals surface area contributed by atoms with Crippen LogP contribution in [-0.2, 0) is 0 Å². The number of halogens is 4. The molecular formula is C11H13ClF3NOS. The van der Waals surface area contributed by atoms with Gasteiger partial charge in [0.05, 0.1) is 0 Å². The number of phenolic OH excluding ortho intramolecular Hbond substituents is 1. The first-order valence-electron chi connectivity index (χ1n) is 4.78. The molecule has 102 valence electrons. The van der Waals surface area contributed by atoms with Crippen LogP contribution in [-0.4, -0.2) is 10.6 Å². The molecule has 0 heterocycles. The van der Waals surface area contributed by atoms with Crippen molar-refractivity contribution in [1.82, 2.24) is 0 Å². The number of aromatic hydroxyl groups is 1. The lowest BCUT2D eigenvalue weighted by Gasteiger charge is -2.13. The quantitative estimate of drug-likeness (QED) is 0.652. The zero-order valence-corrected chi connectivity index (χ0v) is 10.9. The molecule has 1 atom stereocenters. The van der Waals surface area contributed by atoms with E-state index in [-0.39, 0.29) is 34.8 Å². The van der Waals surface area contributed by atoms with Gasteiger partial charge in [-0.05, 0) is 36.4 Å². The first-order chi connectivity index (χ1) is 7.83. The van der Waals surface area contributed by atoms with Crippen LogP contribution in [0.1, 0.15) is 18.0 Å². The Morgan fingerprint density at radius 1 is 1.44 bits per heavy atom. The van der Waals surface area contributed by atoms with Crippen molar-refractivity contribution in [1.29, 1.82) is 0 Å². The van der Waals surface area contributed by atoms with Crippen LogP contribution in [0.15, 0.2) is 35.7 Å². The predicted octanol–water partition coefficient (Wildman–Crippen LogP) is 4.00. The summed E-state index contributed by atoms with van der Waals surface area (Å²) >= 11 is -0.233. The van der Waals surface area contributed by atoms with E-state index in [1.807, 2.05) is 0 Å². The SMILES string of the molecule is C=CC[C@@H](N)c1cc(SC(F)(F)F)ccc1O.Cl. The molecule has 0 fully saturated rings. The van der Waals surface area contributed by atoms with Gasteiger partial charge in [0.15, 0.2) is 0 Å². The number of nitrogens with two attached hydrogens (primary N) is 1. The van der Waals surface area contributed by atoms with Crippen LogP contribution < -0.4 is 5.73 Å². The van der Waals surface area contributed by atoms with Crippen LogP contribution in [0.2, 0.25) is 0 Å². The fraction of sp³-hybridized carbons (Fsp3) is 0.273. The molecule has 7 heteroatoms. The zero-order valence-electron chi connectivity index (χ0n) is 9.28. The molecule has 1 aromatic rings. The van der Waals surface area contributed by atoms with Crippen molar-refractivity contribution in [3.63, 3.8) is 0 Å². The highest BCUT2D eigenvalue weighted by Crippen LogP contribution is 2.39. The molecule has 0 aliphatic rings. The number of benzene rings is 1. The van der Waals surface area contributed by atoms with Gasteiger partial charge in [-0.15, -0.1) is 19.0 Å². The van der Waals surface area contributed by atoms with E-state index in [1.54, 1.807) is 6.08 Å². The molecule has 0 aliphatic carbocycles. The summed E-state index contributed by atoms with van der Waals surface area (Å²) in [5.41, 5.74) is 1.66. The van der Waals surface area contributed by atoms with Crippen LogP contribution in [0.4, 0.5) is 13.2 Å². The molecule has 0 radical (unpaired) electrons. The number of rotatable bonds is 4. The molecule has 0 spiro atoms. The van der Waals surface area contributed by atoms with Crippen molar-refractivity contribution in [3.05, 3.63) is 36.4 Å². The molecular weight excluding hydrogens is 287 g/mol. The van der Waals surface area contributed by atoms with E-state index in [1.165, 1.54) is 18.2 Å². The summed E-state index contributed by atoms with van der Waals surface area (Å²) in [6.45, 7) is 3.49. The summed E-state index contributed by atoms with van der Waals surface area (Å²) in [6.07, 6.45) is 1.93. The predicted molar refractivity (Wildman–Crippen MR) is 69.0 cm³/mol. The summed E-state index contributed by atoms with van der Waals surface area (Å²) in [5.74, 6) is -0.106. The Kier molecular flexibility index (Phi) is 6.59. The third-order valence-corrected chi connectivity index (χ3v) is 2.77. The van der Waals surface area contributed by atoms with Crippen molar-refractivity contribution < 1.29 is 18.3 Å². The first kappa shape index (κ1) is 17.2. The number of hydrogen-bond acceptors (Lipinski definition) is 3. The Bertz CT molecular complexity index is 412. The van der Waals surface area contributed by atoms with Gasteiger partial charge in [0.2, 0.25) is 0 Å². The third-order valence-electron chi connectivity index (χ3n) is 2.05. The second-order valence-electron chi connectivity index (χ2n) is 3.40. The van der Waals surface area contributed by atoms with Crippen LogP contribution in [0.5, 0.6) is 5.75 Å². The number of thioether (sulfide) groups is 1. The molecule has 0 unspecified atom stereocenters. The van der Waals surface area contributed by atoms with Gasteiger partial charge in [0.1, 0.15) is 5.75 Å². The monoisotopic (exact) mass is 299 g/mol. The zero-order chi connectivity index (χ0) is 13.1. The van der Waals surface area contributed by atoms with Crippen molar-refractivity contribution >= 4 is 24.2 Å². The maximum Gasteiger partial charge on any atom is 0.446 e. The molecule has 2 nitrogen and oxygen atoms in total. The minimum absolute atomic E-state index is 0. The smallest absolute Gasteiger partial charge is 0.446 e. The number of phenols is 1. The van der Waals surface area contributed by atoms with Crippen LogP contribution in [0, 0.1) is 0 Å². The molecule has 0 amide bonds. The van der Waals surface area contributed by atoms with Gasteiger partial charge >= 0.3 is 5.51 Å². The summed E-state index contributed by atoms with van der Waals surface area (Å²) in [4.78, 5) is 0.00446. The topological polar surface area (TPSA) is 46.2 Å². The number of hydrogen-bond donors (Lipinski definition) is 2. The van der Waals surface area contributed by atoms with Crippen molar-refractivity contribution in [3.8, 4) is 5.75 Å². The molecule has 1 rings (SSSR count). The lowest BCUT2D eigenvalue weighted by molar-refractivity contribution is -0.0328. The lowest BCUT2D eigenvalue weighted by atomic mass is 10.0. The molecule has 0 saturated heterocycles. The van der Waals surface area contributed by atoms with Gasteiger partial charge in [0, 0.05) is 16.5 Å². The van der Waals surface area contributed by atoms with E-state index < -0.39 is 11.6 Å². The highest BCUT2D eigenvalue weighted by molar-refractivity contribution is 8.00. The lowest BCUT2D eigenvalue weighted by Crippen LogP contribution is -2.09. The Morgan fingerprint density at radius 3 is 2.56 bits per heavy atom. The van der Waals surface area contributed by atoms with Gasteiger partial charge in [-0.25, -0.2) is 0 Å². The molecule has 0 saturated carbocycles. The highest BCUT2D eigenvalue weighted by Gasteiger charge is 2.29. The Balaban J connectivity index is 0.00000289. The molecule has 3 N–H and O–H groups in total. The van der Waals surface area contributed by atoms with Gasteiger partial charge in [-0.2, -0.15) is 13.2 Å². The van der Waals surface area contributed by atoms with E-state index in [0.29, 0.717) is 12.0 Å². The van der Waals surface area contributed by atoms with Crippen molar-refractivity contribution in [2.45, 2.75) is 22.9 Å². The summed E-state index contributed by atoms with van der Waals surface area (Å²) in [7, 11) is 0. The summed E-state index contributed by atoms with van der Waals surface area (Å²) < 4.78 is 36.5. The van der Waals surface area contributed by atoms with E-state index in [2.05, 4.69) is 6.58 Å². The minimum atomic E-state index is -4.35. The summed E-state index contributed by atoms with van der Waals surface area (Å²) in [5, 5.41) is 9.53. The van der Waals surface area contributed by atoms with Gasteiger partial charge < -0.3 is 10.8 Å². The molecule has 18 heavy (non-hydrogen) atoms. The van der Waals surface area contributed by atoms with Crippen LogP contribution in [0.25, 0.3) is 0 Å².